The van der Waals surface area contributed by atoms with Gasteiger partial charge in [-0.25, -0.2) is 0 Å². The minimum atomic E-state index is 0.221. The summed E-state index contributed by atoms with van der Waals surface area (Å²) in [4.78, 5) is 4.96. The molecule has 0 spiro atoms. The molecule has 154 valence electrons. The van der Waals surface area contributed by atoms with E-state index < -0.39 is 0 Å². The van der Waals surface area contributed by atoms with Gasteiger partial charge in [0.25, 0.3) is 0 Å². The van der Waals surface area contributed by atoms with Crippen molar-refractivity contribution in [3.05, 3.63) is 17.7 Å². The SMILES string of the molecule is COc1ccc(CN2CCN(CC(C)(C)C)C(CCO)C2)c(OC)c1OC. The van der Waals surface area contributed by atoms with Crippen molar-refractivity contribution in [2.24, 2.45) is 5.41 Å². The Bertz CT molecular complexity index is 601. The molecule has 1 fully saturated rings. The number of aliphatic hydroxyl groups excluding tert-OH is 1. The van der Waals surface area contributed by atoms with E-state index >= 15 is 0 Å². The summed E-state index contributed by atoms with van der Waals surface area (Å²) in [6, 6.07) is 4.34. The van der Waals surface area contributed by atoms with Crippen LogP contribution in [0, 0.1) is 5.41 Å². The molecule has 2 rings (SSSR count). The van der Waals surface area contributed by atoms with E-state index in [1.165, 1.54) is 0 Å². The summed E-state index contributed by atoms with van der Waals surface area (Å²) >= 11 is 0. The van der Waals surface area contributed by atoms with Crippen LogP contribution in [0.1, 0.15) is 32.8 Å². The Balaban J connectivity index is 2.14. The van der Waals surface area contributed by atoms with E-state index in [4.69, 9.17) is 14.2 Å². The Hall–Kier alpha value is -1.50. The first-order valence-corrected chi connectivity index (χ1v) is 9.68. The summed E-state index contributed by atoms with van der Waals surface area (Å²) in [5.41, 5.74) is 1.34. The van der Waals surface area contributed by atoms with Gasteiger partial charge >= 0.3 is 0 Å². The summed E-state index contributed by atoms with van der Waals surface area (Å²) in [7, 11) is 4.92. The number of ether oxygens (including phenoxy) is 3. The predicted molar refractivity (Wildman–Crippen MR) is 108 cm³/mol. The maximum absolute atomic E-state index is 9.52. The summed E-state index contributed by atoms with van der Waals surface area (Å²) in [5, 5.41) is 9.52. The fraction of sp³-hybridized carbons (Fsp3) is 0.714. The third kappa shape index (κ3) is 5.74. The number of aliphatic hydroxyl groups is 1. The number of benzene rings is 1. The maximum Gasteiger partial charge on any atom is 0.203 e. The summed E-state index contributed by atoms with van der Waals surface area (Å²) in [5.74, 6) is 2.04. The zero-order valence-corrected chi connectivity index (χ0v) is 17.7. The lowest BCUT2D eigenvalue weighted by Gasteiger charge is -2.44. The van der Waals surface area contributed by atoms with Crippen LogP contribution in [0.3, 0.4) is 0 Å². The Kier molecular flexibility index (Phi) is 7.77. The Morgan fingerprint density at radius 2 is 1.74 bits per heavy atom. The van der Waals surface area contributed by atoms with Crippen LogP contribution in [0.25, 0.3) is 0 Å². The van der Waals surface area contributed by atoms with Crippen LogP contribution in [-0.4, -0.2) is 75.1 Å². The van der Waals surface area contributed by atoms with Crippen LogP contribution in [0.4, 0.5) is 0 Å². The first-order chi connectivity index (χ1) is 12.8. The van der Waals surface area contributed by atoms with Gasteiger partial charge in [-0.3, -0.25) is 9.80 Å². The molecule has 1 aromatic carbocycles. The van der Waals surface area contributed by atoms with Gasteiger partial charge in [0.1, 0.15) is 0 Å². The smallest absolute Gasteiger partial charge is 0.203 e. The molecule has 0 aliphatic carbocycles. The van der Waals surface area contributed by atoms with Gasteiger partial charge in [-0.15, -0.1) is 0 Å². The number of hydrogen-bond donors (Lipinski definition) is 1. The monoisotopic (exact) mass is 380 g/mol. The lowest BCUT2D eigenvalue weighted by molar-refractivity contribution is 0.0337. The van der Waals surface area contributed by atoms with Gasteiger partial charge in [-0.05, 0) is 17.9 Å². The third-order valence-corrected chi connectivity index (χ3v) is 5.01. The zero-order valence-electron chi connectivity index (χ0n) is 17.7. The van der Waals surface area contributed by atoms with Crippen LogP contribution in [0.5, 0.6) is 17.2 Å². The van der Waals surface area contributed by atoms with Gasteiger partial charge in [-0.2, -0.15) is 0 Å². The predicted octanol–water partition coefficient (Wildman–Crippen LogP) is 2.63. The van der Waals surface area contributed by atoms with Gasteiger partial charge in [0, 0.05) is 50.9 Å². The second-order valence-electron chi connectivity index (χ2n) is 8.43. The minimum Gasteiger partial charge on any atom is -0.493 e. The molecule has 6 heteroatoms. The summed E-state index contributed by atoms with van der Waals surface area (Å²) < 4.78 is 16.5. The molecule has 1 aliphatic heterocycles. The second kappa shape index (κ2) is 9.62. The Labute approximate surface area is 164 Å². The first kappa shape index (κ1) is 21.8. The lowest BCUT2D eigenvalue weighted by atomic mass is 9.94. The molecule has 27 heavy (non-hydrogen) atoms. The Morgan fingerprint density at radius 1 is 1.04 bits per heavy atom. The van der Waals surface area contributed by atoms with E-state index in [0.717, 1.165) is 50.5 Å². The van der Waals surface area contributed by atoms with Crippen molar-refractivity contribution < 1.29 is 19.3 Å². The van der Waals surface area contributed by atoms with Crippen molar-refractivity contribution in [2.45, 2.75) is 39.8 Å². The Morgan fingerprint density at radius 3 is 2.30 bits per heavy atom. The number of hydrogen-bond acceptors (Lipinski definition) is 6. The molecule has 0 bridgehead atoms. The average molecular weight is 381 g/mol. The first-order valence-electron chi connectivity index (χ1n) is 9.68. The highest BCUT2D eigenvalue weighted by Crippen LogP contribution is 2.40. The van der Waals surface area contributed by atoms with Crippen LogP contribution in [0.2, 0.25) is 0 Å². The summed E-state index contributed by atoms with van der Waals surface area (Å²) in [6.07, 6.45) is 0.801. The molecular weight excluding hydrogens is 344 g/mol. The highest BCUT2D eigenvalue weighted by atomic mass is 16.5. The molecule has 1 saturated heterocycles. The van der Waals surface area contributed by atoms with E-state index in [1.807, 2.05) is 12.1 Å². The number of nitrogens with zero attached hydrogens (tertiary/aromatic N) is 2. The van der Waals surface area contributed by atoms with Crippen molar-refractivity contribution >= 4 is 0 Å². The molecule has 1 unspecified atom stereocenters. The van der Waals surface area contributed by atoms with E-state index in [1.54, 1.807) is 21.3 Å². The zero-order chi connectivity index (χ0) is 20.0. The molecular formula is C21H36N2O4. The fourth-order valence-electron chi connectivity index (χ4n) is 3.87. The van der Waals surface area contributed by atoms with Crippen molar-refractivity contribution in [1.82, 2.24) is 9.80 Å². The van der Waals surface area contributed by atoms with Gasteiger partial charge in [-0.1, -0.05) is 26.8 Å². The molecule has 0 radical (unpaired) electrons. The molecule has 1 aliphatic rings. The highest BCUT2D eigenvalue weighted by Gasteiger charge is 2.30. The molecule has 1 N–H and O–H groups in total. The van der Waals surface area contributed by atoms with Crippen LogP contribution >= 0.6 is 0 Å². The van der Waals surface area contributed by atoms with E-state index in [9.17, 15) is 5.11 Å². The van der Waals surface area contributed by atoms with Crippen LogP contribution in [0.15, 0.2) is 12.1 Å². The van der Waals surface area contributed by atoms with Crippen molar-refractivity contribution in [1.29, 1.82) is 0 Å². The van der Waals surface area contributed by atoms with Crippen LogP contribution in [-0.2, 0) is 6.54 Å². The molecule has 1 heterocycles. The van der Waals surface area contributed by atoms with Gasteiger partial charge in [0.2, 0.25) is 5.75 Å². The van der Waals surface area contributed by atoms with Gasteiger partial charge < -0.3 is 19.3 Å². The maximum atomic E-state index is 9.52. The fourth-order valence-corrected chi connectivity index (χ4v) is 3.87. The van der Waals surface area contributed by atoms with Gasteiger partial charge in [0.15, 0.2) is 11.5 Å². The van der Waals surface area contributed by atoms with Crippen molar-refractivity contribution in [2.75, 3.05) is 54.1 Å². The van der Waals surface area contributed by atoms with Crippen molar-refractivity contribution in [3.8, 4) is 17.2 Å². The molecule has 0 aromatic heterocycles. The molecule has 1 aromatic rings. The number of piperazine rings is 1. The average Bonchev–Trinajstić information content (AvgIpc) is 2.62. The molecule has 6 nitrogen and oxygen atoms in total. The lowest BCUT2D eigenvalue weighted by Crippen LogP contribution is -2.54. The van der Waals surface area contributed by atoms with E-state index in [0.29, 0.717) is 17.5 Å². The normalized spacial score (nSPS) is 19.1. The van der Waals surface area contributed by atoms with Gasteiger partial charge in [0.05, 0.1) is 21.3 Å². The molecule has 1 atom stereocenters. The highest BCUT2D eigenvalue weighted by molar-refractivity contribution is 5.55. The largest absolute Gasteiger partial charge is 0.493 e. The van der Waals surface area contributed by atoms with E-state index in [2.05, 4.69) is 30.6 Å². The number of methoxy groups -OCH3 is 3. The standard InChI is InChI=1S/C21H36N2O4/c1-21(2,3)15-23-11-10-22(14-17(23)9-12-24)13-16-7-8-18(25-4)20(27-6)19(16)26-5/h7-8,17,24H,9-15H2,1-6H3. The minimum absolute atomic E-state index is 0.221. The molecule has 0 amide bonds. The number of rotatable bonds is 8. The molecule has 0 saturated carbocycles. The summed E-state index contributed by atoms with van der Waals surface area (Å²) in [6.45, 7) is 11.8. The quantitative estimate of drug-likeness (QED) is 0.748. The second-order valence-corrected chi connectivity index (χ2v) is 8.43. The van der Waals surface area contributed by atoms with Crippen molar-refractivity contribution in [3.63, 3.8) is 0 Å². The van der Waals surface area contributed by atoms with E-state index in [-0.39, 0.29) is 12.0 Å². The van der Waals surface area contributed by atoms with Crippen LogP contribution < -0.4 is 14.2 Å². The third-order valence-electron chi connectivity index (χ3n) is 5.01. The topological polar surface area (TPSA) is 54.4 Å².